The summed E-state index contributed by atoms with van der Waals surface area (Å²) in [4.78, 5) is 18.0. The second-order valence-electron chi connectivity index (χ2n) is 8.92. The molecule has 0 aliphatic carbocycles. The third-order valence-corrected chi connectivity index (χ3v) is 5.92. The van der Waals surface area contributed by atoms with Crippen LogP contribution in [0.2, 0.25) is 0 Å². The molecule has 1 aromatic heterocycles. The fourth-order valence-electron chi connectivity index (χ4n) is 4.24. The molecule has 1 atom stereocenters. The van der Waals surface area contributed by atoms with Crippen molar-refractivity contribution in [1.29, 1.82) is 0 Å². The normalized spacial score (nSPS) is 15.1. The van der Waals surface area contributed by atoms with Gasteiger partial charge < -0.3 is 19.5 Å². The van der Waals surface area contributed by atoms with Gasteiger partial charge in [-0.25, -0.2) is 9.78 Å². The largest absolute Gasteiger partial charge is 0.490 e. The van der Waals surface area contributed by atoms with Crippen molar-refractivity contribution in [2.45, 2.75) is 40.2 Å². The van der Waals surface area contributed by atoms with Gasteiger partial charge in [-0.3, -0.25) is 4.57 Å². The van der Waals surface area contributed by atoms with Crippen molar-refractivity contribution in [3.05, 3.63) is 72.0 Å². The Hall–Kier alpha value is -3.74. The number of anilines is 1. The number of allylic oxidation sites excluding steroid dienone is 1. The maximum Gasteiger partial charge on any atom is 0.338 e. The quantitative estimate of drug-likeness (QED) is 0.292. The Labute approximate surface area is 206 Å². The zero-order chi connectivity index (χ0) is 24.9. The highest BCUT2D eigenvalue weighted by Crippen LogP contribution is 2.42. The number of aromatic nitrogens is 2. The molecule has 1 aliphatic rings. The number of carbonyl (C=O) groups excluding carboxylic acids is 1. The third-order valence-electron chi connectivity index (χ3n) is 5.92. The fraction of sp³-hybridized carbons (Fsp3) is 0.357. The maximum absolute atomic E-state index is 13.2. The van der Waals surface area contributed by atoms with Crippen molar-refractivity contribution < 1.29 is 19.0 Å². The van der Waals surface area contributed by atoms with Gasteiger partial charge in [0.15, 0.2) is 11.5 Å². The summed E-state index contributed by atoms with van der Waals surface area (Å²) < 4.78 is 19.5. The molecule has 1 aliphatic heterocycles. The van der Waals surface area contributed by atoms with E-state index in [0.717, 1.165) is 23.0 Å². The highest BCUT2D eigenvalue weighted by Gasteiger charge is 2.35. The lowest BCUT2D eigenvalue weighted by atomic mass is 9.94. The molecule has 1 N–H and O–H groups in total. The molecule has 7 heteroatoms. The van der Waals surface area contributed by atoms with E-state index in [9.17, 15) is 4.79 Å². The monoisotopic (exact) mass is 475 g/mol. The standard InChI is InChI=1S/C28H33N3O4/c1-6-15-35-27(32)25-19(5)29-28-30-21-10-8-9-11-22(21)31(28)26(25)20-12-13-23(24(17-20)33-7-2)34-16-14-18(3)4/h6,8-13,17-18,26H,1,7,14-16H2,2-5H3,(H,29,30)/t26-/m0/s1. The second kappa shape index (κ2) is 10.7. The Kier molecular flexibility index (Phi) is 7.44. The van der Waals surface area contributed by atoms with E-state index in [4.69, 9.17) is 19.2 Å². The molecule has 0 amide bonds. The molecule has 2 aromatic carbocycles. The number of imidazole rings is 1. The van der Waals surface area contributed by atoms with Crippen LogP contribution < -0.4 is 14.8 Å². The number of esters is 1. The lowest BCUT2D eigenvalue weighted by Gasteiger charge is -2.30. The van der Waals surface area contributed by atoms with E-state index < -0.39 is 12.0 Å². The van der Waals surface area contributed by atoms with E-state index in [1.807, 2.05) is 60.9 Å². The van der Waals surface area contributed by atoms with Gasteiger partial charge in [-0.2, -0.15) is 0 Å². The number of ether oxygens (including phenoxy) is 3. The molecule has 0 bridgehead atoms. The average Bonchev–Trinajstić information content (AvgIpc) is 3.20. The molecule has 0 fully saturated rings. The molecule has 35 heavy (non-hydrogen) atoms. The van der Waals surface area contributed by atoms with Crippen molar-refractivity contribution in [3.63, 3.8) is 0 Å². The molecule has 2 heterocycles. The molecule has 0 saturated heterocycles. The van der Waals surface area contributed by atoms with Crippen LogP contribution in [0.5, 0.6) is 11.5 Å². The number of hydrogen-bond acceptors (Lipinski definition) is 6. The average molecular weight is 476 g/mol. The number of carbonyl (C=O) groups is 1. The van der Waals surface area contributed by atoms with Crippen LogP contribution in [-0.4, -0.2) is 35.3 Å². The highest BCUT2D eigenvalue weighted by molar-refractivity contribution is 5.94. The smallest absolute Gasteiger partial charge is 0.338 e. The second-order valence-corrected chi connectivity index (χ2v) is 8.92. The van der Waals surface area contributed by atoms with Crippen LogP contribution in [0.4, 0.5) is 5.95 Å². The van der Waals surface area contributed by atoms with Gasteiger partial charge in [0.25, 0.3) is 0 Å². The maximum atomic E-state index is 13.2. The van der Waals surface area contributed by atoms with Crippen LogP contribution in [0.1, 0.15) is 45.7 Å². The molecule has 0 saturated carbocycles. The van der Waals surface area contributed by atoms with Crippen molar-refractivity contribution in [1.82, 2.24) is 9.55 Å². The summed E-state index contributed by atoms with van der Waals surface area (Å²) in [5.41, 5.74) is 3.84. The van der Waals surface area contributed by atoms with Gasteiger partial charge in [0.1, 0.15) is 6.61 Å². The van der Waals surface area contributed by atoms with Gasteiger partial charge >= 0.3 is 5.97 Å². The van der Waals surface area contributed by atoms with Crippen LogP contribution in [0.3, 0.4) is 0 Å². The molecule has 7 nitrogen and oxygen atoms in total. The van der Waals surface area contributed by atoms with E-state index in [2.05, 4.69) is 25.7 Å². The Bertz CT molecular complexity index is 1260. The van der Waals surface area contributed by atoms with Gasteiger partial charge in [0.05, 0.1) is 35.9 Å². The van der Waals surface area contributed by atoms with E-state index in [0.29, 0.717) is 47.8 Å². The Morgan fingerprint density at radius 3 is 2.74 bits per heavy atom. The third kappa shape index (κ3) is 5.04. The molecule has 0 unspecified atom stereocenters. The number of nitrogens with one attached hydrogen (secondary N) is 1. The molecular weight excluding hydrogens is 442 g/mol. The Morgan fingerprint density at radius 2 is 2.00 bits per heavy atom. The number of fused-ring (bicyclic) bond motifs is 3. The summed E-state index contributed by atoms with van der Waals surface area (Å²) in [5.74, 6) is 2.15. The summed E-state index contributed by atoms with van der Waals surface area (Å²) in [6, 6.07) is 13.3. The van der Waals surface area contributed by atoms with E-state index in [-0.39, 0.29) is 6.61 Å². The van der Waals surface area contributed by atoms with Crippen molar-refractivity contribution >= 4 is 23.0 Å². The summed E-state index contributed by atoms with van der Waals surface area (Å²) in [6.45, 7) is 13.1. The number of rotatable bonds is 10. The molecule has 3 aromatic rings. The summed E-state index contributed by atoms with van der Waals surface area (Å²) in [5, 5.41) is 3.29. The fourth-order valence-corrected chi connectivity index (χ4v) is 4.24. The predicted octanol–water partition coefficient (Wildman–Crippen LogP) is 5.88. The van der Waals surface area contributed by atoms with E-state index >= 15 is 0 Å². The van der Waals surface area contributed by atoms with Crippen molar-refractivity contribution in [3.8, 4) is 11.5 Å². The van der Waals surface area contributed by atoms with Crippen LogP contribution in [0, 0.1) is 5.92 Å². The van der Waals surface area contributed by atoms with Crippen LogP contribution in [0.15, 0.2) is 66.4 Å². The summed E-state index contributed by atoms with van der Waals surface area (Å²) in [6.07, 6.45) is 2.51. The van der Waals surface area contributed by atoms with Gasteiger partial charge in [0.2, 0.25) is 5.95 Å². The number of benzene rings is 2. The minimum Gasteiger partial charge on any atom is -0.490 e. The van der Waals surface area contributed by atoms with Crippen molar-refractivity contribution in [2.75, 3.05) is 25.1 Å². The highest BCUT2D eigenvalue weighted by atomic mass is 16.5. The number of para-hydroxylation sites is 2. The van der Waals surface area contributed by atoms with Gasteiger partial charge in [-0.1, -0.05) is 44.7 Å². The zero-order valence-corrected chi connectivity index (χ0v) is 20.8. The number of nitrogens with zero attached hydrogens (tertiary/aromatic N) is 2. The molecule has 184 valence electrons. The number of hydrogen-bond donors (Lipinski definition) is 1. The van der Waals surface area contributed by atoms with E-state index in [1.54, 1.807) is 6.08 Å². The van der Waals surface area contributed by atoms with Crippen LogP contribution in [0.25, 0.3) is 11.0 Å². The predicted molar refractivity (Wildman–Crippen MR) is 138 cm³/mol. The Balaban J connectivity index is 1.83. The van der Waals surface area contributed by atoms with Crippen LogP contribution >= 0.6 is 0 Å². The van der Waals surface area contributed by atoms with Gasteiger partial charge in [-0.15, -0.1) is 0 Å². The van der Waals surface area contributed by atoms with E-state index in [1.165, 1.54) is 0 Å². The van der Waals surface area contributed by atoms with Crippen molar-refractivity contribution in [2.24, 2.45) is 5.92 Å². The lowest BCUT2D eigenvalue weighted by Crippen LogP contribution is -2.29. The summed E-state index contributed by atoms with van der Waals surface area (Å²) >= 11 is 0. The molecule has 0 radical (unpaired) electrons. The SMILES string of the molecule is C=CCOC(=O)C1=C(C)Nc2nc3ccccc3n2[C@H]1c1ccc(OCCC(C)C)c(OCC)c1. The first kappa shape index (κ1) is 24.4. The molecular formula is C28H33N3O4. The van der Waals surface area contributed by atoms with Crippen LogP contribution in [-0.2, 0) is 9.53 Å². The Morgan fingerprint density at radius 1 is 1.20 bits per heavy atom. The minimum absolute atomic E-state index is 0.132. The summed E-state index contributed by atoms with van der Waals surface area (Å²) in [7, 11) is 0. The first-order valence-electron chi connectivity index (χ1n) is 12.1. The zero-order valence-electron chi connectivity index (χ0n) is 20.8. The topological polar surface area (TPSA) is 74.6 Å². The first-order valence-corrected chi connectivity index (χ1v) is 12.1. The van der Waals surface area contributed by atoms with Gasteiger partial charge in [-0.05, 0) is 56.0 Å². The lowest BCUT2D eigenvalue weighted by molar-refractivity contribution is -0.138. The molecule has 0 spiro atoms. The van der Waals surface area contributed by atoms with Gasteiger partial charge in [0, 0.05) is 5.70 Å². The minimum atomic E-state index is -0.458. The molecule has 4 rings (SSSR count). The first-order chi connectivity index (χ1) is 16.9.